The summed E-state index contributed by atoms with van der Waals surface area (Å²) >= 11 is 1.77. The number of aryl methyl sites for hydroxylation is 1. The van der Waals surface area contributed by atoms with Crippen LogP contribution in [0.15, 0.2) is 30.5 Å². The van der Waals surface area contributed by atoms with Crippen LogP contribution < -0.4 is 10.2 Å². The van der Waals surface area contributed by atoms with E-state index in [-0.39, 0.29) is 0 Å². The highest BCUT2D eigenvalue weighted by Crippen LogP contribution is 2.23. The average molecular weight is 275 g/mol. The fourth-order valence-electron chi connectivity index (χ4n) is 1.97. The molecule has 1 N–H and O–H groups in total. The molecular weight excluding hydrogens is 254 g/mol. The third-order valence-corrected chi connectivity index (χ3v) is 4.23. The summed E-state index contributed by atoms with van der Waals surface area (Å²) in [5.41, 5.74) is 2.47. The van der Waals surface area contributed by atoms with Crippen molar-refractivity contribution < 1.29 is 0 Å². The van der Waals surface area contributed by atoms with Crippen LogP contribution in [0.2, 0.25) is 0 Å². The van der Waals surface area contributed by atoms with Gasteiger partial charge in [-0.1, -0.05) is 18.2 Å². The van der Waals surface area contributed by atoms with Crippen molar-refractivity contribution in [1.29, 1.82) is 0 Å². The molecular formula is C15H21N3S. The van der Waals surface area contributed by atoms with Crippen LogP contribution in [-0.4, -0.2) is 18.1 Å². The largest absolute Gasteiger partial charge is 0.380 e. The summed E-state index contributed by atoms with van der Waals surface area (Å²) in [6, 6.07) is 8.35. The van der Waals surface area contributed by atoms with Gasteiger partial charge in [-0.25, -0.2) is 4.98 Å². The zero-order chi connectivity index (χ0) is 13.7. The third kappa shape index (κ3) is 3.47. The number of para-hydroxylation sites is 1. The van der Waals surface area contributed by atoms with Crippen molar-refractivity contribution in [1.82, 2.24) is 4.98 Å². The molecule has 0 aliphatic rings. The first-order valence-corrected chi connectivity index (χ1v) is 7.55. The summed E-state index contributed by atoms with van der Waals surface area (Å²) in [5, 5.41) is 4.59. The highest BCUT2D eigenvalue weighted by Gasteiger charge is 2.07. The molecule has 19 heavy (non-hydrogen) atoms. The van der Waals surface area contributed by atoms with Crippen molar-refractivity contribution in [3.8, 4) is 0 Å². The van der Waals surface area contributed by atoms with E-state index in [1.807, 2.05) is 6.20 Å². The van der Waals surface area contributed by atoms with E-state index in [1.54, 1.807) is 11.3 Å². The molecule has 2 aromatic rings. The molecule has 0 saturated heterocycles. The number of hydrogen-bond donors (Lipinski definition) is 1. The van der Waals surface area contributed by atoms with Gasteiger partial charge >= 0.3 is 0 Å². The molecule has 1 aromatic heterocycles. The maximum absolute atomic E-state index is 4.50. The smallest absolute Gasteiger partial charge is 0.185 e. The second-order valence-electron chi connectivity index (χ2n) is 4.45. The second kappa shape index (κ2) is 6.57. The van der Waals surface area contributed by atoms with E-state index in [1.165, 1.54) is 16.1 Å². The maximum atomic E-state index is 4.50. The minimum Gasteiger partial charge on any atom is -0.380 e. The predicted octanol–water partition coefficient (Wildman–Crippen LogP) is 3.91. The Morgan fingerprint density at radius 2 is 1.95 bits per heavy atom. The van der Waals surface area contributed by atoms with Crippen LogP contribution in [0.5, 0.6) is 0 Å². The van der Waals surface area contributed by atoms with Gasteiger partial charge in [0.05, 0.1) is 6.54 Å². The molecule has 2 rings (SSSR count). The van der Waals surface area contributed by atoms with Gasteiger partial charge in [0.2, 0.25) is 0 Å². The molecule has 0 spiro atoms. The monoisotopic (exact) mass is 275 g/mol. The first-order valence-electron chi connectivity index (χ1n) is 6.73. The molecule has 0 radical (unpaired) electrons. The van der Waals surface area contributed by atoms with Gasteiger partial charge in [0, 0.05) is 29.9 Å². The molecule has 0 aliphatic carbocycles. The molecule has 0 bridgehead atoms. The standard InChI is InChI=1S/C15H21N3S/c1-4-18(5-2)15-17-11-13(19-15)10-16-14-9-7-6-8-12(14)3/h6-9,11,16H,4-5,10H2,1-3H3. The van der Waals surface area contributed by atoms with Gasteiger partial charge in [0.25, 0.3) is 0 Å². The van der Waals surface area contributed by atoms with E-state index in [4.69, 9.17) is 0 Å². The highest BCUT2D eigenvalue weighted by molar-refractivity contribution is 7.15. The Morgan fingerprint density at radius 3 is 2.63 bits per heavy atom. The molecule has 0 fully saturated rings. The quantitative estimate of drug-likeness (QED) is 0.866. The van der Waals surface area contributed by atoms with Crippen LogP contribution in [0.25, 0.3) is 0 Å². The van der Waals surface area contributed by atoms with Crippen molar-refractivity contribution in [2.75, 3.05) is 23.3 Å². The summed E-state index contributed by atoms with van der Waals surface area (Å²) in [4.78, 5) is 8.05. The molecule has 0 saturated carbocycles. The SMILES string of the molecule is CCN(CC)c1ncc(CNc2ccccc2C)s1. The van der Waals surface area contributed by atoms with Crippen LogP contribution in [-0.2, 0) is 6.54 Å². The number of benzene rings is 1. The van der Waals surface area contributed by atoms with Gasteiger partial charge in [0.1, 0.15) is 0 Å². The summed E-state index contributed by atoms with van der Waals surface area (Å²) in [5.74, 6) is 0. The van der Waals surface area contributed by atoms with Crippen molar-refractivity contribution in [3.63, 3.8) is 0 Å². The summed E-state index contributed by atoms with van der Waals surface area (Å²) < 4.78 is 0. The lowest BCUT2D eigenvalue weighted by Gasteiger charge is -2.16. The first kappa shape index (κ1) is 13.9. The highest BCUT2D eigenvalue weighted by atomic mass is 32.1. The molecule has 0 amide bonds. The predicted molar refractivity (Wildman–Crippen MR) is 84.2 cm³/mol. The number of thiazole rings is 1. The van der Waals surface area contributed by atoms with Crippen LogP contribution in [0.1, 0.15) is 24.3 Å². The maximum Gasteiger partial charge on any atom is 0.185 e. The Labute approximate surface area is 119 Å². The molecule has 0 unspecified atom stereocenters. The normalized spacial score (nSPS) is 10.5. The Balaban J connectivity index is 1.99. The molecule has 1 heterocycles. The fraction of sp³-hybridized carbons (Fsp3) is 0.400. The zero-order valence-electron chi connectivity index (χ0n) is 11.8. The molecule has 102 valence electrons. The van der Waals surface area contributed by atoms with Gasteiger partial charge in [-0.15, -0.1) is 11.3 Å². The fourth-order valence-corrected chi connectivity index (χ4v) is 2.95. The van der Waals surface area contributed by atoms with E-state index in [0.717, 1.165) is 24.8 Å². The van der Waals surface area contributed by atoms with E-state index in [0.29, 0.717) is 0 Å². The topological polar surface area (TPSA) is 28.2 Å². The number of anilines is 2. The third-order valence-electron chi connectivity index (χ3n) is 3.17. The van der Waals surface area contributed by atoms with Crippen molar-refractivity contribution in [3.05, 3.63) is 40.9 Å². The number of aromatic nitrogens is 1. The van der Waals surface area contributed by atoms with Crippen molar-refractivity contribution >= 4 is 22.2 Å². The lowest BCUT2D eigenvalue weighted by atomic mass is 10.2. The lowest BCUT2D eigenvalue weighted by Crippen LogP contribution is -2.21. The Kier molecular flexibility index (Phi) is 4.80. The number of rotatable bonds is 6. The van der Waals surface area contributed by atoms with Crippen LogP contribution in [0.3, 0.4) is 0 Å². The molecule has 3 nitrogen and oxygen atoms in total. The van der Waals surface area contributed by atoms with Gasteiger partial charge in [-0.3, -0.25) is 0 Å². The Bertz CT molecular complexity index is 518. The lowest BCUT2D eigenvalue weighted by molar-refractivity contribution is 0.860. The van der Waals surface area contributed by atoms with Crippen LogP contribution in [0, 0.1) is 6.92 Å². The zero-order valence-corrected chi connectivity index (χ0v) is 12.6. The minimum absolute atomic E-state index is 0.837. The van der Waals surface area contributed by atoms with Crippen LogP contribution >= 0.6 is 11.3 Å². The molecule has 0 atom stereocenters. The number of nitrogens with zero attached hydrogens (tertiary/aromatic N) is 2. The summed E-state index contributed by atoms with van der Waals surface area (Å²) in [6.07, 6.45) is 1.98. The van der Waals surface area contributed by atoms with Crippen LogP contribution in [0.4, 0.5) is 10.8 Å². The summed E-state index contributed by atoms with van der Waals surface area (Å²) in [6.45, 7) is 9.30. The number of nitrogens with one attached hydrogen (secondary N) is 1. The first-order chi connectivity index (χ1) is 9.24. The second-order valence-corrected chi connectivity index (χ2v) is 5.54. The van der Waals surface area contributed by atoms with E-state index >= 15 is 0 Å². The van der Waals surface area contributed by atoms with Crippen molar-refractivity contribution in [2.45, 2.75) is 27.3 Å². The summed E-state index contributed by atoms with van der Waals surface area (Å²) in [7, 11) is 0. The average Bonchev–Trinajstić information content (AvgIpc) is 2.88. The van der Waals surface area contributed by atoms with Gasteiger partial charge in [-0.2, -0.15) is 0 Å². The van der Waals surface area contributed by atoms with Gasteiger partial charge in [0.15, 0.2) is 5.13 Å². The Morgan fingerprint density at radius 1 is 1.21 bits per heavy atom. The van der Waals surface area contributed by atoms with E-state index < -0.39 is 0 Å². The van der Waals surface area contributed by atoms with E-state index in [9.17, 15) is 0 Å². The minimum atomic E-state index is 0.837. The van der Waals surface area contributed by atoms with Crippen molar-refractivity contribution in [2.24, 2.45) is 0 Å². The van der Waals surface area contributed by atoms with Gasteiger partial charge < -0.3 is 10.2 Å². The van der Waals surface area contributed by atoms with E-state index in [2.05, 4.69) is 60.2 Å². The van der Waals surface area contributed by atoms with Gasteiger partial charge in [-0.05, 0) is 32.4 Å². The Hall–Kier alpha value is -1.55. The molecule has 4 heteroatoms. The molecule has 0 aliphatic heterocycles. The number of hydrogen-bond acceptors (Lipinski definition) is 4. The molecule has 1 aromatic carbocycles.